The van der Waals surface area contributed by atoms with Gasteiger partial charge in [-0.3, -0.25) is 9.58 Å². The zero-order valence-electron chi connectivity index (χ0n) is 10.5. The standard InChI is InChI=1S/C12H22N4/c1-5-16(7-10(2)3)9-12(13)11-6-14-15(4)8-11/h6,8,12H,2,5,7,9,13H2,1,3-4H3. The number of aromatic nitrogens is 2. The average molecular weight is 222 g/mol. The second-order valence-electron chi connectivity index (χ2n) is 4.34. The summed E-state index contributed by atoms with van der Waals surface area (Å²) in [4.78, 5) is 2.29. The van der Waals surface area contributed by atoms with E-state index in [9.17, 15) is 0 Å². The number of hydrogen-bond donors (Lipinski definition) is 1. The van der Waals surface area contributed by atoms with E-state index in [1.807, 2.05) is 26.4 Å². The van der Waals surface area contributed by atoms with Crippen LogP contribution in [0.15, 0.2) is 24.5 Å². The minimum Gasteiger partial charge on any atom is -0.323 e. The van der Waals surface area contributed by atoms with Gasteiger partial charge in [-0.15, -0.1) is 0 Å². The number of nitrogens with zero attached hydrogens (tertiary/aromatic N) is 3. The van der Waals surface area contributed by atoms with Gasteiger partial charge in [0.15, 0.2) is 0 Å². The van der Waals surface area contributed by atoms with Crippen molar-refractivity contribution in [3.63, 3.8) is 0 Å². The van der Waals surface area contributed by atoms with Crippen LogP contribution in [0, 0.1) is 0 Å². The van der Waals surface area contributed by atoms with Crippen LogP contribution in [-0.4, -0.2) is 34.3 Å². The van der Waals surface area contributed by atoms with Crippen molar-refractivity contribution >= 4 is 0 Å². The van der Waals surface area contributed by atoms with E-state index in [0.29, 0.717) is 0 Å². The van der Waals surface area contributed by atoms with Crippen molar-refractivity contribution in [2.45, 2.75) is 19.9 Å². The molecule has 0 aromatic carbocycles. The van der Waals surface area contributed by atoms with Crippen molar-refractivity contribution < 1.29 is 0 Å². The Morgan fingerprint density at radius 2 is 2.38 bits per heavy atom. The number of likely N-dealkylation sites (N-methyl/N-ethyl adjacent to an activating group) is 1. The van der Waals surface area contributed by atoms with E-state index in [1.165, 1.54) is 5.57 Å². The van der Waals surface area contributed by atoms with E-state index >= 15 is 0 Å². The summed E-state index contributed by atoms with van der Waals surface area (Å²) in [5.41, 5.74) is 8.39. The van der Waals surface area contributed by atoms with Crippen LogP contribution in [0.25, 0.3) is 0 Å². The minimum atomic E-state index is 0.0213. The normalized spacial score (nSPS) is 13.1. The topological polar surface area (TPSA) is 47.1 Å². The van der Waals surface area contributed by atoms with Crippen molar-refractivity contribution in [1.82, 2.24) is 14.7 Å². The van der Waals surface area contributed by atoms with Crippen LogP contribution in [0.2, 0.25) is 0 Å². The summed E-state index contributed by atoms with van der Waals surface area (Å²) in [5.74, 6) is 0. The fourth-order valence-electron chi connectivity index (χ4n) is 1.70. The molecule has 0 bridgehead atoms. The van der Waals surface area contributed by atoms with Crippen LogP contribution in [0.4, 0.5) is 0 Å². The molecule has 1 rings (SSSR count). The molecule has 0 aliphatic rings. The Morgan fingerprint density at radius 3 is 2.81 bits per heavy atom. The second kappa shape index (κ2) is 5.82. The molecule has 16 heavy (non-hydrogen) atoms. The lowest BCUT2D eigenvalue weighted by Gasteiger charge is -2.23. The third-order valence-electron chi connectivity index (χ3n) is 2.55. The maximum absolute atomic E-state index is 6.14. The van der Waals surface area contributed by atoms with Gasteiger partial charge in [0.2, 0.25) is 0 Å². The minimum absolute atomic E-state index is 0.0213. The highest BCUT2D eigenvalue weighted by Crippen LogP contribution is 2.10. The first kappa shape index (κ1) is 12.9. The molecule has 0 radical (unpaired) electrons. The van der Waals surface area contributed by atoms with E-state index in [0.717, 1.165) is 25.2 Å². The van der Waals surface area contributed by atoms with Crippen LogP contribution in [0.5, 0.6) is 0 Å². The molecule has 0 amide bonds. The molecule has 1 heterocycles. The third-order valence-corrected chi connectivity index (χ3v) is 2.55. The van der Waals surface area contributed by atoms with Crippen LogP contribution < -0.4 is 5.73 Å². The molecule has 1 unspecified atom stereocenters. The van der Waals surface area contributed by atoms with E-state index < -0.39 is 0 Å². The number of nitrogens with two attached hydrogens (primary N) is 1. The maximum Gasteiger partial charge on any atom is 0.0537 e. The highest BCUT2D eigenvalue weighted by Gasteiger charge is 2.12. The first-order chi connectivity index (χ1) is 7.52. The molecule has 0 fully saturated rings. The van der Waals surface area contributed by atoms with E-state index in [1.54, 1.807) is 4.68 Å². The van der Waals surface area contributed by atoms with Crippen molar-refractivity contribution in [1.29, 1.82) is 0 Å². The van der Waals surface area contributed by atoms with Crippen molar-refractivity contribution in [2.75, 3.05) is 19.6 Å². The maximum atomic E-state index is 6.14. The average Bonchev–Trinajstić information content (AvgIpc) is 2.63. The van der Waals surface area contributed by atoms with E-state index in [-0.39, 0.29) is 6.04 Å². The first-order valence-corrected chi connectivity index (χ1v) is 5.63. The molecule has 4 nitrogen and oxygen atoms in total. The van der Waals surface area contributed by atoms with Gasteiger partial charge in [-0.2, -0.15) is 5.10 Å². The summed E-state index contributed by atoms with van der Waals surface area (Å²) in [6, 6.07) is 0.0213. The Morgan fingerprint density at radius 1 is 1.69 bits per heavy atom. The molecule has 1 aromatic heterocycles. The highest BCUT2D eigenvalue weighted by molar-refractivity contribution is 5.10. The van der Waals surface area contributed by atoms with Gasteiger partial charge in [-0.1, -0.05) is 19.1 Å². The summed E-state index contributed by atoms with van der Waals surface area (Å²) >= 11 is 0. The SMILES string of the molecule is C=C(C)CN(CC)CC(N)c1cnn(C)c1. The number of rotatable bonds is 6. The summed E-state index contributed by atoms with van der Waals surface area (Å²) in [6.45, 7) is 10.8. The molecular formula is C12H22N4. The van der Waals surface area contributed by atoms with Crippen molar-refractivity contribution in [3.8, 4) is 0 Å². The summed E-state index contributed by atoms with van der Waals surface area (Å²) in [6.07, 6.45) is 3.80. The second-order valence-corrected chi connectivity index (χ2v) is 4.34. The quantitative estimate of drug-likeness (QED) is 0.738. The number of aryl methyl sites for hydroxylation is 1. The first-order valence-electron chi connectivity index (χ1n) is 5.63. The molecule has 90 valence electrons. The van der Waals surface area contributed by atoms with E-state index in [2.05, 4.69) is 23.5 Å². The lowest BCUT2D eigenvalue weighted by molar-refractivity contribution is 0.292. The Hall–Kier alpha value is -1.13. The summed E-state index contributed by atoms with van der Waals surface area (Å²) < 4.78 is 1.78. The monoisotopic (exact) mass is 222 g/mol. The molecular weight excluding hydrogens is 200 g/mol. The molecule has 1 aromatic rings. The van der Waals surface area contributed by atoms with Crippen LogP contribution in [0.1, 0.15) is 25.5 Å². The zero-order chi connectivity index (χ0) is 12.1. The molecule has 0 aliphatic carbocycles. The highest BCUT2D eigenvalue weighted by atomic mass is 15.2. The largest absolute Gasteiger partial charge is 0.323 e. The van der Waals surface area contributed by atoms with Gasteiger partial charge in [-0.25, -0.2) is 0 Å². The molecule has 0 saturated heterocycles. The Kier molecular flexibility index (Phi) is 4.71. The lowest BCUT2D eigenvalue weighted by Crippen LogP contribution is -2.33. The predicted molar refractivity (Wildman–Crippen MR) is 67.1 cm³/mol. The molecule has 2 N–H and O–H groups in total. The zero-order valence-corrected chi connectivity index (χ0v) is 10.5. The van der Waals surface area contributed by atoms with Crippen LogP contribution in [0.3, 0.4) is 0 Å². The molecule has 4 heteroatoms. The van der Waals surface area contributed by atoms with Gasteiger partial charge in [0, 0.05) is 37.9 Å². The van der Waals surface area contributed by atoms with Gasteiger partial charge in [0.1, 0.15) is 0 Å². The molecule has 0 saturated carbocycles. The van der Waals surface area contributed by atoms with Crippen molar-refractivity contribution in [3.05, 3.63) is 30.1 Å². The fourth-order valence-corrected chi connectivity index (χ4v) is 1.70. The smallest absolute Gasteiger partial charge is 0.0537 e. The summed E-state index contributed by atoms with van der Waals surface area (Å²) in [5, 5.41) is 4.13. The van der Waals surface area contributed by atoms with Gasteiger partial charge in [-0.05, 0) is 13.5 Å². The van der Waals surface area contributed by atoms with Crippen LogP contribution in [-0.2, 0) is 7.05 Å². The molecule has 1 atom stereocenters. The fraction of sp³-hybridized carbons (Fsp3) is 0.583. The van der Waals surface area contributed by atoms with E-state index in [4.69, 9.17) is 5.73 Å². The lowest BCUT2D eigenvalue weighted by atomic mass is 10.1. The molecule has 0 aliphatic heterocycles. The number of hydrogen-bond acceptors (Lipinski definition) is 3. The van der Waals surface area contributed by atoms with Gasteiger partial charge < -0.3 is 5.73 Å². The third kappa shape index (κ3) is 3.79. The van der Waals surface area contributed by atoms with Gasteiger partial charge in [0.25, 0.3) is 0 Å². The van der Waals surface area contributed by atoms with Gasteiger partial charge >= 0.3 is 0 Å². The Balaban J connectivity index is 2.54. The predicted octanol–water partition coefficient (Wildman–Crippen LogP) is 1.32. The summed E-state index contributed by atoms with van der Waals surface area (Å²) in [7, 11) is 1.90. The Bertz CT molecular complexity index is 343. The van der Waals surface area contributed by atoms with Crippen LogP contribution >= 0.6 is 0 Å². The Labute approximate surface area is 97.7 Å². The van der Waals surface area contributed by atoms with Gasteiger partial charge in [0.05, 0.1) is 6.20 Å². The molecule has 0 spiro atoms. The van der Waals surface area contributed by atoms with Crippen molar-refractivity contribution in [2.24, 2.45) is 12.8 Å².